The first-order valence-corrected chi connectivity index (χ1v) is 13.9. The summed E-state index contributed by atoms with van der Waals surface area (Å²) in [5, 5.41) is 2.39. The molecule has 0 bridgehead atoms. The fourth-order valence-corrected chi connectivity index (χ4v) is 5.15. The summed E-state index contributed by atoms with van der Waals surface area (Å²) in [6, 6.07) is 13.6. The van der Waals surface area contributed by atoms with Crippen molar-refractivity contribution >= 4 is 54.1 Å². The molecule has 2 amide bonds. The van der Waals surface area contributed by atoms with E-state index in [1.165, 1.54) is 0 Å². The van der Waals surface area contributed by atoms with Crippen LogP contribution in [0.3, 0.4) is 0 Å². The van der Waals surface area contributed by atoms with Gasteiger partial charge in [-0.3, -0.25) is 4.79 Å². The van der Waals surface area contributed by atoms with E-state index in [4.69, 9.17) is 21.1 Å². The standard InChI is InChI=1S/C28H33ClN4O4S.H2S/c1-4-15-36-28(35)32(3)12-11-24(25-6-5-16-38-25)37-21-9-7-20(8-10-21)19-33-14-13-31(2)23-17-26(29)30-18-22(23)27(33)34;/h5-10,16-18,24H,4,11-15,19H2,1-3H3;1H2/t24-;/m0./s1. The molecule has 3 aromatic rings. The van der Waals surface area contributed by atoms with Crippen LogP contribution in [0.25, 0.3) is 0 Å². The van der Waals surface area contributed by atoms with Gasteiger partial charge in [-0.1, -0.05) is 36.7 Å². The number of aromatic nitrogens is 1. The zero-order valence-corrected chi connectivity index (χ0v) is 25.0. The summed E-state index contributed by atoms with van der Waals surface area (Å²) in [4.78, 5) is 36.0. The number of pyridine rings is 1. The van der Waals surface area contributed by atoms with Crippen molar-refractivity contribution < 1.29 is 19.1 Å². The lowest BCUT2D eigenvalue weighted by Gasteiger charge is -2.23. The number of thiophene rings is 1. The summed E-state index contributed by atoms with van der Waals surface area (Å²) < 4.78 is 11.6. The van der Waals surface area contributed by atoms with Crippen LogP contribution in [0.1, 0.15) is 46.7 Å². The number of amides is 2. The van der Waals surface area contributed by atoms with Gasteiger partial charge in [0.15, 0.2) is 0 Å². The van der Waals surface area contributed by atoms with E-state index in [0.717, 1.165) is 28.3 Å². The number of fused-ring (bicyclic) bond motifs is 1. The van der Waals surface area contributed by atoms with Gasteiger partial charge in [0.2, 0.25) is 0 Å². The Kier molecular flexibility index (Phi) is 11.3. The second-order valence-electron chi connectivity index (χ2n) is 9.26. The molecule has 8 nitrogen and oxygen atoms in total. The number of hydrogen-bond donors (Lipinski definition) is 0. The minimum atomic E-state index is -0.322. The van der Waals surface area contributed by atoms with E-state index in [2.05, 4.69) is 4.98 Å². The number of likely N-dealkylation sites (N-methyl/N-ethyl adjacent to an activating group) is 1. The summed E-state index contributed by atoms with van der Waals surface area (Å²) in [7, 11) is 3.69. The van der Waals surface area contributed by atoms with E-state index < -0.39 is 0 Å². The van der Waals surface area contributed by atoms with E-state index in [0.29, 0.717) is 49.9 Å². The Balaban J connectivity index is 0.00000420. The SMILES string of the molecule is CCCOC(=O)N(C)CC[C@H](Oc1ccc(CN2CCN(C)c3cc(Cl)ncc3C2=O)cc1)c1cccs1.S. The number of rotatable bonds is 10. The van der Waals surface area contributed by atoms with Crippen molar-refractivity contribution in [3.63, 3.8) is 0 Å². The predicted molar refractivity (Wildman–Crippen MR) is 161 cm³/mol. The second kappa shape index (κ2) is 14.4. The zero-order valence-electron chi connectivity index (χ0n) is 22.4. The third kappa shape index (κ3) is 8.03. The highest BCUT2D eigenvalue weighted by Crippen LogP contribution is 2.30. The quantitative estimate of drug-likeness (QED) is 0.270. The van der Waals surface area contributed by atoms with Gasteiger partial charge in [0.1, 0.15) is 17.0 Å². The van der Waals surface area contributed by atoms with Crippen molar-refractivity contribution in [2.75, 3.05) is 45.2 Å². The van der Waals surface area contributed by atoms with Gasteiger partial charge < -0.3 is 24.2 Å². The molecule has 39 heavy (non-hydrogen) atoms. The number of carbonyl (C=O) groups is 2. The number of nitrogens with zero attached hydrogens (tertiary/aromatic N) is 4. The van der Waals surface area contributed by atoms with Crippen LogP contribution < -0.4 is 9.64 Å². The minimum absolute atomic E-state index is 0. The molecule has 1 atom stereocenters. The third-order valence-electron chi connectivity index (χ3n) is 6.39. The van der Waals surface area contributed by atoms with Crippen molar-refractivity contribution in [3.8, 4) is 5.75 Å². The summed E-state index contributed by atoms with van der Waals surface area (Å²) in [5.41, 5.74) is 2.35. The molecule has 0 radical (unpaired) electrons. The maximum Gasteiger partial charge on any atom is 0.409 e. The molecule has 0 saturated carbocycles. The van der Waals surface area contributed by atoms with Crippen molar-refractivity contribution in [1.29, 1.82) is 0 Å². The van der Waals surface area contributed by atoms with E-state index >= 15 is 0 Å². The first kappa shape index (κ1) is 30.6. The average Bonchev–Trinajstić information content (AvgIpc) is 3.43. The fraction of sp³-hybridized carbons (Fsp3) is 0.393. The summed E-state index contributed by atoms with van der Waals surface area (Å²) in [5.74, 6) is 0.669. The van der Waals surface area contributed by atoms with Crippen molar-refractivity contribution in [2.24, 2.45) is 0 Å². The molecular weight excluding hydrogens is 556 g/mol. The smallest absolute Gasteiger partial charge is 0.409 e. The highest BCUT2D eigenvalue weighted by molar-refractivity contribution is 7.59. The van der Waals surface area contributed by atoms with Crippen molar-refractivity contribution in [2.45, 2.75) is 32.4 Å². The lowest BCUT2D eigenvalue weighted by Crippen LogP contribution is -2.33. The normalized spacial score (nSPS) is 13.7. The Hall–Kier alpha value is -2.95. The van der Waals surface area contributed by atoms with Crippen LogP contribution in [0.4, 0.5) is 10.5 Å². The summed E-state index contributed by atoms with van der Waals surface area (Å²) in [6.07, 6.45) is 2.46. The van der Waals surface area contributed by atoms with Gasteiger partial charge in [-0.05, 0) is 41.6 Å². The van der Waals surface area contributed by atoms with E-state index in [1.54, 1.807) is 35.5 Å². The molecule has 3 heterocycles. The number of halogens is 1. The molecular formula is C28H35ClN4O4S2. The van der Waals surface area contributed by atoms with Crippen LogP contribution in [-0.4, -0.2) is 67.1 Å². The van der Waals surface area contributed by atoms with Crippen LogP contribution in [0.2, 0.25) is 5.15 Å². The van der Waals surface area contributed by atoms with E-state index in [1.807, 2.05) is 65.5 Å². The highest BCUT2D eigenvalue weighted by Gasteiger charge is 2.26. The maximum atomic E-state index is 13.2. The predicted octanol–water partition coefficient (Wildman–Crippen LogP) is 5.99. The first-order chi connectivity index (χ1) is 18.4. The molecule has 0 unspecified atom stereocenters. The minimum Gasteiger partial charge on any atom is -0.485 e. The first-order valence-electron chi connectivity index (χ1n) is 12.7. The molecule has 210 valence electrons. The molecule has 11 heteroatoms. The number of benzene rings is 1. The molecule has 1 aliphatic rings. The Morgan fingerprint density at radius 1 is 1.23 bits per heavy atom. The maximum absolute atomic E-state index is 13.2. The number of anilines is 1. The van der Waals surface area contributed by atoms with Crippen molar-refractivity contribution in [1.82, 2.24) is 14.8 Å². The second-order valence-corrected chi connectivity index (χ2v) is 10.6. The molecule has 0 fully saturated rings. The molecule has 1 aromatic carbocycles. The van der Waals surface area contributed by atoms with Crippen LogP contribution in [0.15, 0.2) is 54.0 Å². The number of hydrogen-bond acceptors (Lipinski definition) is 7. The molecule has 0 N–H and O–H groups in total. The van der Waals surface area contributed by atoms with Crippen LogP contribution in [-0.2, 0) is 11.3 Å². The van der Waals surface area contributed by atoms with Gasteiger partial charge in [-0.15, -0.1) is 11.3 Å². The average molecular weight is 591 g/mol. The number of ether oxygens (including phenoxy) is 2. The van der Waals surface area contributed by atoms with Crippen LogP contribution in [0.5, 0.6) is 5.75 Å². The summed E-state index contributed by atoms with van der Waals surface area (Å²) >= 11 is 7.69. The third-order valence-corrected chi connectivity index (χ3v) is 7.56. The monoisotopic (exact) mass is 590 g/mol. The van der Waals surface area contributed by atoms with Gasteiger partial charge in [0, 0.05) is 57.8 Å². The van der Waals surface area contributed by atoms with Gasteiger partial charge in [-0.25, -0.2) is 9.78 Å². The van der Waals surface area contributed by atoms with E-state index in [9.17, 15) is 9.59 Å². The van der Waals surface area contributed by atoms with Crippen LogP contribution >= 0.6 is 36.4 Å². The topological polar surface area (TPSA) is 75.2 Å². The Morgan fingerprint density at radius 2 is 2.00 bits per heavy atom. The van der Waals surface area contributed by atoms with Crippen LogP contribution in [0, 0.1) is 0 Å². The molecule has 0 saturated heterocycles. The van der Waals surface area contributed by atoms with E-state index in [-0.39, 0.29) is 31.6 Å². The molecule has 0 aliphatic carbocycles. The summed E-state index contributed by atoms with van der Waals surface area (Å²) in [6.45, 7) is 4.66. The lowest BCUT2D eigenvalue weighted by molar-refractivity contribution is 0.0754. The lowest BCUT2D eigenvalue weighted by atomic mass is 10.1. The zero-order chi connectivity index (χ0) is 27.1. The van der Waals surface area contributed by atoms with Gasteiger partial charge in [-0.2, -0.15) is 13.5 Å². The Bertz CT molecular complexity index is 1230. The molecule has 4 rings (SSSR count). The highest BCUT2D eigenvalue weighted by atomic mass is 35.5. The molecule has 1 aliphatic heterocycles. The Morgan fingerprint density at radius 3 is 2.69 bits per heavy atom. The molecule has 2 aromatic heterocycles. The van der Waals surface area contributed by atoms with Gasteiger partial charge >= 0.3 is 6.09 Å². The molecule has 0 spiro atoms. The van der Waals surface area contributed by atoms with Gasteiger partial charge in [0.05, 0.1) is 17.9 Å². The van der Waals surface area contributed by atoms with Gasteiger partial charge in [0.25, 0.3) is 5.91 Å². The van der Waals surface area contributed by atoms with Crippen molar-refractivity contribution in [3.05, 3.63) is 75.2 Å². The fourth-order valence-electron chi connectivity index (χ4n) is 4.21. The largest absolute Gasteiger partial charge is 0.485 e. The Labute approximate surface area is 245 Å². The number of carbonyl (C=O) groups excluding carboxylic acids is 2.